The third-order valence-corrected chi connectivity index (χ3v) is 4.62. The van der Waals surface area contributed by atoms with E-state index < -0.39 is 0 Å². The molecule has 3 rings (SSSR count). The zero-order chi connectivity index (χ0) is 16.8. The van der Waals surface area contributed by atoms with Crippen molar-refractivity contribution in [1.29, 1.82) is 0 Å². The smallest absolute Gasteiger partial charge is 0.315 e. The number of hydrogen-bond donors (Lipinski definition) is 2. The van der Waals surface area contributed by atoms with Crippen LogP contribution in [0.3, 0.4) is 0 Å². The maximum atomic E-state index is 11.9. The summed E-state index contributed by atoms with van der Waals surface area (Å²) in [4.78, 5) is 17.4. The lowest BCUT2D eigenvalue weighted by Gasteiger charge is -2.08. The zero-order valence-electron chi connectivity index (χ0n) is 13.4. The van der Waals surface area contributed by atoms with Crippen LogP contribution in [0.25, 0.3) is 5.69 Å². The number of nitrogens with zero attached hydrogens (tertiary/aromatic N) is 3. The molecule has 3 aromatic rings. The van der Waals surface area contributed by atoms with E-state index in [0.717, 1.165) is 22.7 Å². The van der Waals surface area contributed by atoms with Gasteiger partial charge in [-0.2, -0.15) is 5.10 Å². The lowest BCUT2D eigenvalue weighted by molar-refractivity contribution is 0.240. The number of hydrogen-bond acceptors (Lipinski definition) is 4. The van der Waals surface area contributed by atoms with Crippen LogP contribution < -0.4 is 10.6 Å². The van der Waals surface area contributed by atoms with Crippen LogP contribution in [0.4, 0.5) is 4.79 Å². The first-order chi connectivity index (χ1) is 11.7. The molecule has 0 atom stereocenters. The van der Waals surface area contributed by atoms with E-state index in [2.05, 4.69) is 27.6 Å². The van der Waals surface area contributed by atoms with Gasteiger partial charge in [-0.3, -0.25) is 0 Å². The summed E-state index contributed by atoms with van der Waals surface area (Å²) in [5, 5.41) is 10.8. The van der Waals surface area contributed by atoms with Crippen molar-refractivity contribution in [3.63, 3.8) is 0 Å². The number of benzene rings is 1. The van der Waals surface area contributed by atoms with E-state index in [9.17, 15) is 4.79 Å². The average Bonchev–Trinajstić information content (AvgIpc) is 3.30. The minimum atomic E-state index is -0.201. The lowest BCUT2D eigenvalue weighted by Crippen LogP contribution is -2.34. The molecular formula is C17H19N5OS. The highest BCUT2D eigenvalue weighted by Crippen LogP contribution is 2.13. The highest BCUT2D eigenvalue weighted by molar-refractivity contribution is 7.11. The molecule has 2 aromatic heterocycles. The van der Waals surface area contributed by atoms with Crippen molar-refractivity contribution in [1.82, 2.24) is 25.4 Å². The quantitative estimate of drug-likeness (QED) is 0.724. The number of carbonyl (C=O) groups excluding carboxylic acids is 1. The van der Waals surface area contributed by atoms with Crippen LogP contribution in [0.1, 0.15) is 22.4 Å². The molecule has 0 saturated heterocycles. The van der Waals surface area contributed by atoms with E-state index in [1.165, 1.54) is 4.88 Å². The molecule has 0 spiro atoms. The molecule has 0 radical (unpaired) electrons. The molecule has 0 aliphatic carbocycles. The molecule has 124 valence electrons. The summed E-state index contributed by atoms with van der Waals surface area (Å²) < 4.78 is 1.79. The molecular weight excluding hydrogens is 322 g/mol. The summed E-state index contributed by atoms with van der Waals surface area (Å²) >= 11 is 1.63. The number of nitrogens with one attached hydrogen (secondary N) is 2. The number of rotatable bonds is 6. The van der Waals surface area contributed by atoms with Gasteiger partial charge in [-0.05, 0) is 30.2 Å². The van der Waals surface area contributed by atoms with E-state index in [1.807, 2.05) is 42.7 Å². The van der Waals surface area contributed by atoms with Gasteiger partial charge in [-0.15, -0.1) is 11.3 Å². The Kier molecular flexibility index (Phi) is 5.22. The topological polar surface area (TPSA) is 71.8 Å². The maximum absolute atomic E-state index is 11.9. The normalized spacial score (nSPS) is 10.5. The third kappa shape index (κ3) is 4.20. The Morgan fingerprint density at radius 3 is 2.88 bits per heavy atom. The molecule has 0 unspecified atom stereocenters. The molecule has 0 bridgehead atoms. The van der Waals surface area contributed by atoms with Gasteiger partial charge in [0.15, 0.2) is 0 Å². The first kappa shape index (κ1) is 16.2. The van der Waals surface area contributed by atoms with Crippen LogP contribution >= 0.6 is 11.3 Å². The Labute approximate surface area is 144 Å². The summed E-state index contributed by atoms with van der Waals surface area (Å²) in [6.07, 6.45) is 6.45. The Bertz CT molecular complexity index is 797. The number of aromatic nitrogens is 3. The van der Waals surface area contributed by atoms with E-state index in [1.54, 1.807) is 22.2 Å². The van der Waals surface area contributed by atoms with Gasteiger partial charge in [0.1, 0.15) is 5.01 Å². The summed E-state index contributed by atoms with van der Waals surface area (Å²) in [5.74, 6) is 0. The van der Waals surface area contributed by atoms with Crippen molar-refractivity contribution >= 4 is 17.4 Å². The summed E-state index contributed by atoms with van der Waals surface area (Å²) in [6.45, 7) is 3.00. The number of amides is 2. The van der Waals surface area contributed by atoms with Gasteiger partial charge in [0.2, 0.25) is 0 Å². The van der Waals surface area contributed by atoms with Crippen molar-refractivity contribution in [3.8, 4) is 5.69 Å². The SMILES string of the molecule is CCc1cnc(CNC(=O)NCc2cccc(-n3cccn3)c2)s1. The fraction of sp³-hybridized carbons (Fsp3) is 0.235. The number of carbonyl (C=O) groups is 1. The molecule has 0 saturated carbocycles. The monoisotopic (exact) mass is 341 g/mol. The summed E-state index contributed by atoms with van der Waals surface area (Å²) in [6, 6.07) is 9.58. The fourth-order valence-electron chi connectivity index (χ4n) is 2.22. The van der Waals surface area contributed by atoms with Gasteiger partial charge in [-0.25, -0.2) is 14.5 Å². The molecule has 1 aromatic carbocycles. The lowest BCUT2D eigenvalue weighted by atomic mass is 10.2. The van der Waals surface area contributed by atoms with Crippen LogP contribution in [0.2, 0.25) is 0 Å². The maximum Gasteiger partial charge on any atom is 0.315 e. The molecule has 0 aliphatic rings. The number of aryl methyl sites for hydroxylation is 1. The van der Waals surface area contributed by atoms with E-state index in [0.29, 0.717) is 13.1 Å². The molecule has 0 fully saturated rings. The van der Waals surface area contributed by atoms with Crippen LogP contribution in [0, 0.1) is 0 Å². The highest BCUT2D eigenvalue weighted by atomic mass is 32.1. The molecule has 6 nitrogen and oxygen atoms in total. The fourth-order valence-corrected chi connectivity index (χ4v) is 3.03. The van der Waals surface area contributed by atoms with Gasteiger partial charge in [0, 0.05) is 30.0 Å². The molecule has 2 N–H and O–H groups in total. The third-order valence-electron chi connectivity index (χ3n) is 3.48. The van der Waals surface area contributed by atoms with E-state index >= 15 is 0 Å². The van der Waals surface area contributed by atoms with Gasteiger partial charge in [-0.1, -0.05) is 19.1 Å². The van der Waals surface area contributed by atoms with Crippen molar-refractivity contribution in [2.24, 2.45) is 0 Å². The van der Waals surface area contributed by atoms with Crippen molar-refractivity contribution in [2.45, 2.75) is 26.4 Å². The second kappa shape index (κ2) is 7.74. The average molecular weight is 341 g/mol. The Morgan fingerprint density at radius 1 is 1.25 bits per heavy atom. The second-order valence-electron chi connectivity index (χ2n) is 5.23. The van der Waals surface area contributed by atoms with E-state index in [4.69, 9.17) is 0 Å². The molecule has 7 heteroatoms. The molecule has 2 amide bonds. The molecule has 24 heavy (non-hydrogen) atoms. The van der Waals surface area contributed by atoms with Crippen molar-refractivity contribution in [2.75, 3.05) is 0 Å². The summed E-state index contributed by atoms with van der Waals surface area (Å²) in [7, 11) is 0. The summed E-state index contributed by atoms with van der Waals surface area (Å²) in [5.41, 5.74) is 1.98. The molecule has 0 aliphatic heterocycles. The highest BCUT2D eigenvalue weighted by Gasteiger charge is 2.05. The number of thiazole rings is 1. The van der Waals surface area contributed by atoms with Crippen LogP contribution in [-0.4, -0.2) is 20.8 Å². The van der Waals surface area contributed by atoms with Crippen molar-refractivity contribution in [3.05, 3.63) is 64.4 Å². The minimum absolute atomic E-state index is 0.201. The number of urea groups is 1. The Morgan fingerprint density at radius 2 is 2.12 bits per heavy atom. The zero-order valence-corrected chi connectivity index (χ0v) is 14.2. The Balaban J connectivity index is 1.50. The standard InChI is InChI=1S/C17H19N5OS/c1-2-15-11-18-16(24-15)12-20-17(23)19-10-13-5-3-6-14(9-13)22-8-4-7-21-22/h3-9,11H,2,10,12H2,1H3,(H2,19,20,23). The minimum Gasteiger partial charge on any atom is -0.334 e. The first-order valence-electron chi connectivity index (χ1n) is 7.79. The van der Waals surface area contributed by atoms with Gasteiger partial charge < -0.3 is 10.6 Å². The first-order valence-corrected chi connectivity index (χ1v) is 8.60. The second-order valence-corrected chi connectivity index (χ2v) is 6.43. The van der Waals surface area contributed by atoms with Crippen LogP contribution in [0.15, 0.2) is 48.9 Å². The van der Waals surface area contributed by atoms with Crippen LogP contribution in [-0.2, 0) is 19.5 Å². The van der Waals surface area contributed by atoms with Crippen molar-refractivity contribution < 1.29 is 4.79 Å². The van der Waals surface area contributed by atoms with Gasteiger partial charge in [0.25, 0.3) is 0 Å². The predicted octanol–water partition coefficient (Wildman–Crippen LogP) is 2.89. The van der Waals surface area contributed by atoms with E-state index in [-0.39, 0.29) is 6.03 Å². The largest absolute Gasteiger partial charge is 0.334 e. The predicted molar refractivity (Wildman–Crippen MR) is 94.1 cm³/mol. The Hall–Kier alpha value is -2.67. The molecule has 2 heterocycles. The van der Waals surface area contributed by atoms with Gasteiger partial charge in [0.05, 0.1) is 12.2 Å². The van der Waals surface area contributed by atoms with Gasteiger partial charge >= 0.3 is 6.03 Å². The van der Waals surface area contributed by atoms with Crippen LogP contribution in [0.5, 0.6) is 0 Å².